The molecule has 1 saturated heterocycles. The second-order valence-corrected chi connectivity index (χ2v) is 6.54. The van der Waals surface area contributed by atoms with Crippen LogP contribution in [0.5, 0.6) is 0 Å². The largest absolute Gasteiger partial charge is 0.397 e. The Morgan fingerprint density at radius 3 is 2.88 bits per heavy atom. The SMILES string of the molecule is CC[C@H]1CC[C@H](CC)N(C(=O)C(=O)Nc2ncc(N)c3c[nH]nc23)C1. The monoisotopic (exact) mass is 344 g/mol. The first-order chi connectivity index (χ1) is 12.0. The summed E-state index contributed by atoms with van der Waals surface area (Å²) < 4.78 is 0. The minimum Gasteiger partial charge on any atom is -0.397 e. The molecule has 0 radical (unpaired) electrons. The number of pyridine rings is 1. The molecule has 0 bridgehead atoms. The zero-order chi connectivity index (χ0) is 18.0. The van der Waals surface area contributed by atoms with E-state index in [1.54, 1.807) is 11.1 Å². The van der Waals surface area contributed by atoms with Gasteiger partial charge in [-0.15, -0.1) is 0 Å². The lowest BCUT2D eigenvalue weighted by Crippen LogP contribution is -2.50. The number of likely N-dealkylation sites (tertiary alicyclic amines) is 1. The molecule has 0 spiro atoms. The summed E-state index contributed by atoms with van der Waals surface area (Å²) in [7, 11) is 0. The van der Waals surface area contributed by atoms with E-state index in [2.05, 4.69) is 27.4 Å². The lowest BCUT2D eigenvalue weighted by molar-refractivity contribution is -0.146. The Labute approximate surface area is 146 Å². The van der Waals surface area contributed by atoms with Crippen molar-refractivity contribution in [2.24, 2.45) is 5.92 Å². The average molecular weight is 344 g/mol. The number of nitrogens with zero attached hydrogens (tertiary/aromatic N) is 3. The lowest BCUT2D eigenvalue weighted by Gasteiger charge is -2.38. The molecule has 8 heteroatoms. The molecule has 1 aliphatic heterocycles. The average Bonchev–Trinajstić information content (AvgIpc) is 3.13. The molecule has 0 saturated carbocycles. The topological polar surface area (TPSA) is 117 Å². The van der Waals surface area contributed by atoms with Gasteiger partial charge in [0.1, 0.15) is 5.52 Å². The minimum atomic E-state index is -0.684. The van der Waals surface area contributed by atoms with E-state index < -0.39 is 11.8 Å². The van der Waals surface area contributed by atoms with Crippen LogP contribution in [-0.2, 0) is 9.59 Å². The Morgan fingerprint density at radius 1 is 1.36 bits per heavy atom. The Hall–Kier alpha value is -2.64. The fraction of sp³-hybridized carbons (Fsp3) is 0.529. The summed E-state index contributed by atoms with van der Waals surface area (Å²) in [4.78, 5) is 31.0. The number of piperidine rings is 1. The number of carbonyl (C=O) groups excluding carboxylic acids is 2. The number of nitrogen functional groups attached to an aromatic ring is 1. The Kier molecular flexibility index (Phi) is 4.87. The van der Waals surface area contributed by atoms with Crippen molar-refractivity contribution in [3.05, 3.63) is 12.4 Å². The second kappa shape index (κ2) is 7.08. The number of H-pyrrole nitrogens is 1. The fourth-order valence-electron chi connectivity index (χ4n) is 3.45. The van der Waals surface area contributed by atoms with Gasteiger partial charge in [0, 0.05) is 24.2 Å². The maximum absolute atomic E-state index is 12.7. The molecule has 0 aromatic carbocycles. The van der Waals surface area contributed by atoms with Gasteiger partial charge in [0.2, 0.25) is 0 Å². The zero-order valence-corrected chi connectivity index (χ0v) is 14.6. The van der Waals surface area contributed by atoms with Crippen molar-refractivity contribution < 1.29 is 9.59 Å². The molecular formula is C17H24N6O2. The number of amides is 2. The summed E-state index contributed by atoms with van der Waals surface area (Å²) >= 11 is 0. The molecule has 3 heterocycles. The van der Waals surface area contributed by atoms with E-state index in [1.165, 1.54) is 6.20 Å². The number of aromatic amines is 1. The Bertz CT molecular complexity index is 787. The molecule has 2 aromatic rings. The van der Waals surface area contributed by atoms with Crippen molar-refractivity contribution in [3.63, 3.8) is 0 Å². The van der Waals surface area contributed by atoms with Crippen molar-refractivity contribution in [1.82, 2.24) is 20.1 Å². The Morgan fingerprint density at radius 2 is 2.16 bits per heavy atom. The molecule has 2 amide bonds. The van der Waals surface area contributed by atoms with E-state index in [1.807, 2.05) is 6.92 Å². The zero-order valence-electron chi connectivity index (χ0n) is 14.6. The number of anilines is 2. The number of aromatic nitrogens is 3. The second-order valence-electron chi connectivity index (χ2n) is 6.54. The number of hydrogen-bond donors (Lipinski definition) is 3. The standard InChI is InChI=1S/C17H24N6O2/c1-3-10-5-6-11(4-2)23(9-10)17(25)16(24)21-15-14-12(7-20-22-14)13(18)8-19-15/h7-8,10-11H,3-6,9,18H2,1-2H3,(H,20,22)(H,19,21,24)/t10-,11-/m0/s1. The quantitative estimate of drug-likeness (QED) is 0.735. The van der Waals surface area contributed by atoms with E-state index in [9.17, 15) is 9.59 Å². The Balaban J connectivity index is 1.78. The number of rotatable bonds is 3. The smallest absolute Gasteiger partial charge is 0.315 e. The minimum absolute atomic E-state index is 0.117. The van der Waals surface area contributed by atoms with Gasteiger partial charge < -0.3 is 16.0 Å². The van der Waals surface area contributed by atoms with Gasteiger partial charge in [0.25, 0.3) is 0 Å². The molecule has 2 aromatic heterocycles. The van der Waals surface area contributed by atoms with Gasteiger partial charge in [-0.3, -0.25) is 14.7 Å². The molecular weight excluding hydrogens is 320 g/mol. The summed E-state index contributed by atoms with van der Waals surface area (Å²) in [6, 6.07) is 0.117. The van der Waals surface area contributed by atoms with Crippen LogP contribution in [0.25, 0.3) is 10.9 Å². The van der Waals surface area contributed by atoms with E-state index in [0.29, 0.717) is 29.1 Å². The molecule has 2 atom stereocenters. The van der Waals surface area contributed by atoms with Crippen LogP contribution in [0.15, 0.2) is 12.4 Å². The molecule has 8 nitrogen and oxygen atoms in total. The van der Waals surface area contributed by atoms with Gasteiger partial charge in [0.05, 0.1) is 11.9 Å². The highest BCUT2D eigenvalue weighted by Crippen LogP contribution is 2.27. The number of nitrogens with two attached hydrogens (primary N) is 1. The van der Waals surface area contributed by atoms with E-state index in [0.717, 1.165) is 25.7 Å². The molecule has 3 rings (SSSR count). The molecule has 0 aliphatic carbocycles. The highest BCUT2D eigenvalue weighted by atomic mass is 16.2. The molecule has 1 aliphatic rings. The van der Waals surface area contributed by atoms with Gasteiger partial charge in [0.15, 0.2) is 5.82 Å². The van der Waals surface area contributed by atoms with Crippen molar-refractivity contribution in [3.8, 4) is 0 Å². The first-order valence-electron chi connectivity index (χ1n) is 8.75. The predicted molar refractivity (Wildman–Crippen MR) is 95.7 cm³/mol. The highest BCUT2D eigenvalue weighted by Gasteiger charge is 2.33. The predicted octanol–water partition coefficient (Wildman–Crippen LogP) is 1.91. The van der Waals surface area contributed by atoms with Crippen molar-refractivity contribution >= 4 is 34.2 Å². The van der Waals surface area contributed by atoms with Crippen molar-refractivity contribution in [1.29, 1.82) is 0 Å². The summed E-state index contributed by atoms with van der Waals surface area (Å²) in [5.41, 5.74) is 6.74. The summed E-state index contributed by atoms with van der Waals surface area (Å²) in [5.74, 6) is -0.503. The summed E-state index contributed by atoms with van der Waals surface area (Å²) in [6.45, 7) is 4.80. The van der Waals surface area contributed by atoms with Crippen molar-refractivity contribution in [2.45, 2.75) is 45.6 Å². The summed E-state index contributed by atoms with van der Waals surface area (Å²) in [6.07, 6.45) is 6.98. The van der Waals surface area contributed by atoms with Crippen LogP contribution in [-0.4, -0.2) is 44.5 Å². The lowest BCUT2D eigenvalue weighted by atomic mass is 9.89. The first kappa shape index (κ1) is 17.2. The van der Waals surface area contributed by atoms with Crippen LogP contribution < -0.4 is 11.1 Å². The van der Waals surface area contributed by atoms with Gasteiger partial charge in [-0.25, -0.2) is 4.98 Å². The molecule has 134 valence electrons. The molecule has 25 heavy (non-hydrogen) atoms. The summed E-state index contributed by atoms with van der Waals surface area (Å²) in [5, 5.41) is 10.0. The molecule has 1 fully saturated rings. The number of fused-ring (bicyclic) bond motifs is 1. The third-order valence-electron chi connectivity index (χ3n) is 5.05. The van der Waals surface area contributed by atoms with Gasteiger partial charge in [-0.1, -0.05) is 20.3 Å². The number of nitrogens with one attached hydrogen (secondary N) is 2. The van der Waals surface area contributed by atoms with Gasteiger partial charge in [-0.05, 0) is 25.2 Å². The van der Waals surface area contributed by atoms with E-state index in [4.69, 9.17) is 5.73 Å². The highest BCUT2D eigenvalue weighted by molar-refractivity contribution is 6.40. The van der Waals surface area contributed by atoms with Crippen LogP contribution in [0.3, 0.4) is 0 Å². The van der Waals surface area contributed by atoms with E-state index in [-0.39, 0.29) is 11.9 Å². The van der Waals surface area contributed by atoms with Crippen LogP contribution in [0.4, 0.5) is 11.5 Å². The van der Waals surface area contributed by atoms with E-state index >= 15 is 0 Å². The van der Waals surface area contributed by atoms with Crippen LogP contribution >= 0.6 is 0 Å². The van der Waals surface area contributed by atoms with Crippen LogP contribution in [0.2, 0.25) is 0 Å². The normalized spacial score (nSPS) is 20.6. The van der Waals surface area contributed by atoms with Crippen LogP contribution in [0.1, 0.15) is 39.5 Å². The maximum atomic E-state index is 12.7. The maximum Gasteiger partial charge on any atom is 0.315 e. The first-order valence-corrected chi connectivity index (χ1v) is 8.75. The van der Waals surface area contributed by atoms with Crippen LogP contribution in [0, 0.1) is 5.92 Å². The molecule has 0 unspecified atom stereocenters. The number of hydrogen-bond acceptors (Lipinski definition) is 5. The van der Waals surface area contributed by atoms with Gasteiger partial charge >= 0.3 is 11.8 Å². The molecule has 4 N–H and O–H groups in total. The van der Waals surface area contributed by atoms with Crippen molar-refractivity contribution in [2.75, 3.05) is 17.6 Å². The third-order valence-corrected chi connectivity index (χ3v) is 5.05. The number of carbonyl (C=O) groups is 2. The van der Waals surface area contributed by atoms with Gasteiger partial charge in [-0.2, -0.15) is 5.10 Å². The third kappa shape index (κ3) is 3.29. The fourth-order valence-corrected chi connectivity index (χ4v) is 3.45.